The molecule has 35 heavy (non-hydrogen) atoms. The van der Waals surface area contributed by atoms with E-state index in [1.807, 2.05) is 24.3 Å². The van der Waals surface area contributed by atoms with E-state index in [0.29, 0.717) is 16.8 Å². The van der Waals surface area contributed by atoms with Gasteiger partial charge in [-0.3, -0.25) is 24.5 Å². The second kappa shape index (κ2) is 10.8. The number of aromatic nitrogens is 1. The fourth-order valence-corrected chi connectivity index (χ4v) is 5.54. The monoisotopic (exact) mass is 514 g/mol. The zero-order valence-electron chi connectivity index (χ0n) is 18.8. The Bertz CT molecular complexity index is 1380. The average Bonchev–Trinajstić information content (AvgIpc) is 3.40. The van der Waals surface area contributed by atoms with Gasteiger partial charge in [-0.05, 0) is 31.0 Å². The number of rotatable bonds is 8. The highest BCUT2D eigenvalue weighted by molar-refractivity contribution is 8.00. The van der Waals surface area contributed by atoms with Crippen molar-refractivity contribution in [3.8, 4) is 0 Å². The van der Waals surface area contributed by atoms with E-state index >= 15 is 0 Å². The number of amides is 2. The van der Waals surface area contributed by atoms with Crippen molar-refractivity contribution in [1.29, 1.82) is 0 Å². The number of para-hydroxylation sites is 1. The normalized spacial score (nSPS) is 13.2. The Balaban J connectivity index is 1.48. The van der Waals surface area contributed by atoms with Crippen molar-refractivity contribution < 1.29 is 24.0 Å². The predicted octanol–water partition coefficient (Wildman–Crippen LogP) is 2.92. The van der Waals surface area contributed by atoms with Crippen molar-refractivity contribution >= 4 is 62.5 Å². The smallest absolute Gasteiger partial charge is 0.326 e. The van der Waals surface area contributed by atoms with Gasteiger partial charge in [0.05, 0.1) is 33.3 Å². The van der Waals surface area contributed by atoms with Gasteiger partial charge in [0.2, 0.25) is 5.91 Å². The molecule has 182 valence electrons. The molecule has 0 spiro atoms. The topological polar surface area (TPSA) is 124 Å². The molecule has 2 amide bonds. The maximum atomic E-state index is 12.6. The van der Waals surface area contributed by atoms with Gasteiger partial charge < -0.3 is 14.2 Å². The summed E-state index contributed by atoms with van der Waals surface area (Å²) in [5.41, 5.74) is 2.48. The molecule has 0 bridgehead atoms. The molecule has 0 fully saturated rings. The average molecular weight is 515 g/mol. The first-order chi connectivity index (χ1) is 16.9. The quantitative estimate of drug-likeness (QED) is 0.257. The van der Waals surface area contributed by atoms with Crippen LogP contribution in [0.1, 0.15) is 12.5 Å². The lowest BCUT2D eigenvalue weighted by Crippen LogP contribution is -2.30. The molecule has 1 aliphatic rings. The first kappa shape index (κ1) is 24.6. The number of nitro groups is 1. The van der Waals surface area contributed by atoms with Gasteiger partial charge in [-0.1, -0.05) is 29.5 Å². The molecule has 0 unspecified atom stereocenters. The van der Waals surface area contributed by atoms with Crippen LogP contribution in [0.3, 0.4) is 0 Å². The van der Waals surface area contributed by atoms with Crippen molar-refractivity contribution in [2.24, 2.45) is 4.99 Å². The first-order valence-corrected chi connectivity index (χ1v) is 12.8. The standard InChI is InChI=1S/C23H22N4O6S2/c1-2-33-22(30)12-26-18-8-7-16(27(31)32)11-19(18)35-23(26)24-20(28)13-34-14-21(29)25-10-9-15-5-3-4-6-17(15)25/h3-8,11H,2,9-10,12-14H2,1H3. The maximum Gasteiger partial charge on any atom is 0.326 e. The molecule has 0 radical (unpaired) electrons. The third-order valence-electron chi connectivity index (χ3n) is 5.33. The zero-order chi connectivity index (χ0) is 24.9. The van der Waals surface area contributed by atoms with Crippen molar-refractivity contribution in [3.63, 3.8) is 0 Å². The summed E-state index contributed by atoms with van der Waals surface area (Å²) < 4.78 is 7.04. The van der Waals surface area contributed by atoms with Crippen LogP contribution in [0.15, 0.2) is 47.5 Å². The molecule has 0 saturated heterocycles. The van der Waals surface area contributed by atoms with Gasteiger partial charge >= 0.3 is 5.97 Å². The molecule has 1 aliphatic heterocycles. The number of hydrogen-bond donors (Lipinski definition) is 0. The van der Waals surface area contributed by atoms with Gasteiger partial charge in [0.15, 0.2) is 4.80 Å². The third kappa shape index (κ3) is 5.60. The van der Waals surface area contributed by atoms with Crippen LogP contribution in [-0.2, 0) is 32.1 Å². The predicted molar refractivity (Wildman–Crippen MR) is 133 cm³/mol. The molecular formula is C23H22N4O6S2. The fraction of sp³-hybridized carbons (Fsp3) is 0.304. The molecule has 1 aromatic heterocycles. The molecule has 2 aromatic carbocycles. The maximum absolute atomic E-state index is 12.6. The third-order valence-corrected chi connectivity index (χ3v) is 7.27. The second-order valence-electron chi connectivity index (χ2n) is 7.61. The minimum atomic E-state index is -0.511. The number of anilines is 1. The van der Waals surface area contributed by atoms with E-state index in [1.54, 1.807) is 11.8 Å². The van der Waals surface area contributed by atoms with Crippen molar-refractivity contribution in [1.82, 2.24) is 4.57 Å². The van der Waals surface area contributed by atoms with E-state index in [4.69, 9.17) is 4.74 Å². The van der Waals surface area contributed by atoms with Gasteiger partial charge in [0.1, 0.15) is 6.54 Å². The number of benzene rings is 2. The lowest BCUT2D eigenvalue weighted by atomic mass is 10.2. The van der Waals surface area contributed by atoms with E-state index in [9.17, 15) is 24.5 Å². The largest absolute Gasteiger partial charge is 0.465 e. The number of carbonyl (C=O) groups excluding carboxylic acids is 3. The van der Waals surface area contributed by atoms with Crippen LogP contribution >= 0.6 is 23.1 Å². The molecule has 4 rings (SSSR count). The Kier molecular flexibility index (Phi) is 7.61. The van der Waals surface area contributed by atoms with Crippen LogP contribution in [0.5, 0.6) is 0 Å². The molecule has 0 atom stereocenters. The second-order valence-corrected chi connectivity index (χ2v) is 9.60. The zero-order valence-corrected chi connectivity index (χ0v) is 20.5. The molecule has 12 heteroatoms. The summed E-state index contributed by atoms with van der Waals surface area (Å²) in [6, 6.07) is 12.0. The number of ether oxygens (including phenoxy) is 1. The molecule has 0 saturated carbocycles. The van der Waals surface area contributed by atoms with Crippen LogP contribution in [0.4, 0.5) is 11.4 Å². The van der Waals surface area contributed by atoms with E-state index in [0.717, 1.165) is 29.0 Å². The van der Waals surface area contributed by atoms with Crippen molar-refractivity contribution in [3.05, 3.63) is 62.9 Å². The number of nitrogens with zero attached hydrogens (tertiary/aromatic N) is 4. The highest BCUT2D eigenvalue weighted by Gasteiger charge is 2.24. The summed E-state index contributed by atoms with van der Waals surface area (Å²) in [5.74, 6) is -0.931. The van der Waals surface area contributed by atoms with E-state index in [-0.39, 0.29) is 41.1 Å². The Morgan fingerprint density at radius 1 is 1.20 bits per heavy atom. The molecule has 3 aromatic rings. The minimum Gasteiger partial charge on any atom is -0.465 e. The number of thioether (sulfide) groups is 1. The van der Waals surface area contributed by atoms with Gasteiger partial charge in [-0.25, -0.2) is 0 Å². The molecule has 2 heterocycles. The molecule has 0 N–H and O–H groups in total. The Morgan fingerprint density at radius 2 is 2.00 bits per heavy atom. The number of non-ortho nitro benzene ring substituents is 1. The van der Waals surface area contributed by atoms with Crippen molar-refractivity contribution in [2.75, 3.05) is 29.6 Å². The van der Waals surface area contributed by atoms with Gasteiger partial charge in [0.25, 0.3) is 11.6 Å². The van der Waals surface area contributed by atoms with Gasteiger partial charge in [0, 0.05) is 24.4 Å². The van der Waals surface area contributed by atoms with Crippen LogP contribution in [0.2, 0.25) is 0 Å². The van der Waals surface area contributed by atoms with Crippen LogP contribution in [0, 0.1) is 10.1 Å². The number of hydrogen-bond acceptors (Lipinski definition) is 8. The summed E-state index contributed by atoms with van der Waals surface area (Å²) in [5, 5.41) is 11.1. The number of nitro benzene ring substituents is 1. The van der Waals surface area contributed by atoms with Gasteiger partial charge in [-0.15, -0.1) is 11.8 Å². The van der Waals surface area contributed by atoms with Crippen LogP contribution in [-0.4, -0.2) is 51.9 Å². The number of esters is 1. The Labute approximate surface area is 208 Å². The highest BCUT2D eigenvalue weighted by Crippen LogP contribution is 2.28. The fourth-order valence-electron chi connectivity index (χ4n) is 3.79. The SMILES string of the molecule is CCOC(=O)Cn1c(=NC(=O)CSCC(=O)N2CCc3ccccc32)sc2cc([N+](=O)[O-])ccc21. The molecular weight excluding hydrogens is 492 g/mol. The highest BCUT2D eigenvalue weighted by atomic mass is 32.2. The molecule has 0 aliphatic carbocycles. The lowest BCUT2D eigenvalue weighted by molar-refractivity contribution is -0.384. The summed E-state index contributed by atoms with van der Waals surface area (Å²) in [7, 11) is 0. The molecule has 10 nitrogen and oxygen atoms in total. The Hall–Kier alpha value is -3.51. The summed E-state index contributed by atoms with van der Waals surface area (Å²) in [6.45, 7) is 2.33. The van der Waals surface area contributed by atoms with E-state index < -0.39 is 16.8 Å². The summed E-state index contributed by atoms with van der Waals surface area (Å²) in [4.78, 5) is 54.1. The summed E-state index contributed by atoms with van der Waals surface area (Å²) in [6.07, 6.45) is 0.811. The van der Waals surface area contributed by atoms with Crippen molar-refractivity contribution in [2.45, 2.75) is 19.9 Å². The first-order valence-electron chi connectivity index (χ1n) is 10.8. The minimum absolute atomic E-state index is 0.0188. The number of thiazole rings is 1. The number of carbonyl (C=O) groups is 3. The van der Waals surface area contributed by atoms with Crippen LogP contribution < -0.4 is 9.70 Å². The Morgan fingerprint density at radius 3 is 2.77 bits per heavy atom. The number of fused-ring (bicyclic) bond motifs is 2. The lowest BCUT2D eigenvalue weighted by Gasteiger charge is -2.16. The summed E-state index contributed by atoms with van der Waals surface area (Å²) >= 11 is 2.25. The van der Waals surface area contributed by atoms with Gasteiger partial charge in [-0.2, -0.15) is 4.99 Å². The van der Waals surface area contributed by atoms with E-state index in [2.05, 4.69) is 4.99 Å². The van der Waals surface area contributed by atoms with Crippen LogP contribution in [0.25, 0.3) is 10.2 Å². The van der Waals surface area contributed by atoms with E-state index in [1.165, 1.54) is 34.5 Å².